The highest BCUT2D eigenvalue weighted by molar-refractivity contribution is 6.30. The molecule has 0 bridgehead atoms. The van der Waals surface area contributed by atoms with Gasteiger partial charge in [-0.2, -0.15) is 0 Å². The molecule has 0 unspecified atom stereocenters. The highest BCUT2D eigenvalue weighted by Gasteiger charge is 2.16. The molecule has 0 saturated carbocycles. The summed E-state index contributed by atoms with van der Waals surface area (Å²) in [6.45, 7) is 3.83. The molecule has 0 aliphatic carbocycles. The lowest BCUT2D eigenvalue weighted by molar-refractivity contribution is 0.102. The van der Waals surface area contributed by atoms with Gasteiger partial charge in [-0.15, -0.1) is 0 Å². The number of amides is 1. The largest absolute Gasteiger partial charge is 0.353 e. The third-order valence-electron chi connectivity index (χ3n) is 3.78. The van der Waals surface area contributed by atoms with E-state index in [0.29, 0.717) is 10.7 Å². The van der Waals surface area contributed by atoms with E-state index in [9.17, 15) is 4.79 Å². The van der Waals surface area contributed by atoms with Crippen molar-refractivity contribution >= 4 is 29.0 Å². The predicted octanol–water partition coefficient (Wildman–Crippen LogP) is 2.13. The second-order valence-electron chi connectivity index (χ2n) is 5.51. The number of halogens is 1. The number of piperazine rings is 1. The Labute approximate surface area is 140 Å². The van der Waals surface area contributed by atoms with Gasteiger partial charge >= 0.3 is 0 Å². The third-order valence-corrected chi connectivity index (χ3v) is 4.02. The van der Waals surface area contributed by atoms with E-state index < -0.39 is 0 Å². The molecule has 1 aromatic carbocycles. The van der Waals surface area contributed by atoms with Crippen molar-refractivity contribution in [1.82, 2.24) is 14.9 Å². The van der Waals surface area contributed by atoms with E-state index in [1.54, 1.807) is 30.5 Å². The van der Waals surface area contributed by atoms with Crippen molar-refractivity contribution in [3.05, 3.63) is 47.4 Å². The smallest absolute Gasteiger partial charge is 0.275 e. The molecule has 120 valence electrons. The van der Waals surface area contributed by atoms with E-state index in [4.69, 9.17) is 11.6 Å². The van der Waals surface area contributed by atoms with E-state index in [0.717, 1.165) is 32.0 Å². The number of anilines is 2. The fraction of sp³-hybridized carbons (Fsp3) is 0.312. The van der Waals surface area contributed by atoms with Crippen molar-refractivity contribution in [1.29, 1.82) is 0 Å². The minimum absolute atomic E-state index is 0.280. The van der Waals surface area contributed by atoms with Gasteiger partial charge in [0.1, 0.15) is 11.5 Å². The highest BCUT2D eigenvalue weighted by atomic mass is 35.5. The van der Waals surface area contributed by atoms with Crippen LogP contribution in [0.25, 0.3) is 0 Å². The number of carbonyl (C=O) groups is 1. The van der Waals surface area contributed by atoms with Crippen molar-refractivity contribution in [2.45, 2.75) is 0 Å². The van der Waals surface area contributed by atoms with Gasteiger partial charge in [0.25, 0.3) is 5.91 Å². The van der Waals surface area contributed by atoms with Crippen LogP contribution in [-0.2, 0) is 0 Å². The summed E-state index contributed by atoms with van der Waals surface area (Å²) in [5.74, 6) is 0.502. The zero-order valence-electron chi connectivity index (χ0n) is 12.9. The van der Waals surface area contributed by atoms with Crippen LogP contribution in [0.3, 0.4) is 0 Å². The summed E-state index contributed by atoms with van der Waals surface area (Å²) in [5.41, 5.74) is 0.912. The summed E-state index contributed by atoms with van der Waals surface area (Å²) in [4.78, 5) is 25.2. The predicted molar refractivity (Wildman–Crippen MR) is 91.1 cm³/mol. The van der Waals surface area contributed by atoms with Gasteiger partial charge in [-0.1, -0.05) is 17.7 Å². The number of carbonyl (C=O) groups excluding carboxylic acids is 1. The van der Waals surface area contributed by atoms with Crippen LogP contribution >= 0.6 is 11.6 Å². The fourth-order valence-electron chi connectivity index (χ4n) is 2.40. The molecule has 3 rings (SSSR count). The Balaban J connectivity index is 1.65. The van der Waals surface area contributed by atoms with Gasteiger partial charge in [0.05, 0.1) is 12.4 Å². The van der Waals surface area contributed by atoms with E-state index >= 15 is 0 Å². The maximum absolute atomic E-state index is 12.2. The first-order chi connectivity index (χ1) is 11.1. The van der Waals surface area contributed by atoms with Gasteiger partial charge in [-0.3, -0.25) is 4.79 Å². The summed E-state index contributed by atoms with van der Waals surface area (Å²) < 4.78 is 0. The number of nitrogens with zero attached hydrogens (tertiary/aromatic N) is 4. The average molecular weight is 332 g/mol. The summed E-state index contributed by atoms with van der Waals surface area (Å²) in [6.07, 6.45) is 3.16. The van der Waals surface area contributed by atoms with Crippen LogP contribution in [0.5, 0.6) is 0 Å². The molecule has 0 radical (unpaired) electrons. The van der Waals surface area contributed by atoms with Gasteiger partial charge in [-0.05, 0) is 25.2 Å². The number of rotatable bonds is 3. The molecule has 1 aliphatic heterocycles. The molecule has 1 aromatic heterocycles. The molecule has 1 N–H and O–H groups in total. The first-order valence-corrected chi connectivity index (χ1v) is 7.82. The molecule has 0 atom stereocenters. The van der Waals surface area contributed by atoms with Gasteiger partial charge in [-0.25, -0.2) is 9.97 Å². The topological polar surface area (TPSA) is 61.4 Å². The zero-order chi connectivity index (χ0) is 16.2. The Morgan fingerprint density at radius 2 is 1.96 bits per heavy atom. The standard InChI is InChI=1S/C16H18ClN5O/c1-21-5-7-22(8-6-21)15-11-18-14(10-19-15)16(23)20-13-4-2-3-12(17)9-13/h2-4,9-11H,5-8H2,1H3,(H,20,23). The van der Waals surface area contributed by atoms with E-state index in [-0.39, 0.29) is 11.6 Å². The minimum atomic E-state index is -0.301. The van der Waals surface area contributed by atoms with Gasteiger partial charge in [0, 0.05) is 36.9 Å². The maximum Gasteiger partial charge on any atom is 0.275 e. The van der Waals surface area contributed by atoms with Crippen molar-refractivity contribution in [2.75, 3.05) is 43.4 Å². The summed E-state index contributed by atoms with van der Waals surface area (Å²) in [6, 6.07) is 6.99. The van der Waals surface area contributed by atoms with Crippen LogP contribution in [0.1, 0.15) is 10.5 Å². The maximum atomic E-state index is 12.2. The monoisotopic (exact) mass is 331 g/mol. The fourth-order valence-corrected chi connectivity index (χ4v) is 2.59. The van der Waals surface area contributed by atoms with Crippen molar-refractivity contribution < 1.29 is 4.79 Å². The Kier molecular flexibility index (Phi) is 4.73. The minimum Gasteiger partial charge on any atom is -0.353 e. The summed E-state index contributed by atoms with van der Waals surface area (Å²) >= 11 is 5.90. The molecule has 0 spiro atoms. The highest BCUT2D eigenvalue weighted by Crippen LogP contribution is 2.16. The van der Waals surface area contributed by atoms with E-state index in [1.165, 1.54) is 6.20 Å². The Morgan fingerprint density at radius 1 is 1.17 bits per heavy atom. The molecule has 1 saturated heterocycles. The van der Waals surface area contributed by atoms with Crippen molar-refractivity contribution in [3.63, 3.8) is 0 Å². The molecule has 1 amide bonds. The Hall–Kier alpha value is -2.18. The third kappa shape index (κ3) is 3.97. The number of hydrogen-bond donors (Lipinski definition) is 1. The molecular weight excluding hydrogens is 314 g/mol. The second kappa shape index (κ2) is 6.93. The molecule has 2 aromatic rings. The van der Waals surface area contributed by atoms with Crippen LogP contribution in [0.4, 0.5) is 11.5 Å². The quantitative estimate of drug-likeness (QED) is 0.933. The Bertz CT molecular complexity index is 683. The SMILES string of the molecule is CN1CCN(c2cnc(C(=O)Nc3cccc(Cl)c3)cn2)CC1. The van der Waals surface area contributed by atoms with Gasteiger partial charge in [0.2, 0.25) is 0 Å². The number of aromatic nitrogens is 2. The molecule has 23 heavy (non-hydrogen) atoms. The zero-order valence-corrected chi connectivity index (χ0v) is 13.6. The van der Waals surface area contributed by atoms with E-state index in [1.807, 2.05) is 0 Å². The lowest BCUT2D eigenvalue weighted by Gasteiger charge is -2.32. The molecule has 6 nitrogen and oxygen atoms in total. The van der Waals surface area contributed by atoms with Crippen molar-refractivity contribution in [2.24, 2.45) is 0 Å². The normalized spacial score (nSPS) is 15.5. The van der Waals surface area contributed by atoms with E-state index in [2.05, 4.69) is 32.1 Å². The van der Waals surface area contributed by atoms with Gasteiger partial charge < -0.3 is 15.1 Å². The van der Waals surface area contributed by atoms with Crippen LogP contribution < -0.4 is 10.2 Å². The van der Waals surface area contributed by atoms with Gasteiger partial charge in [0.15, 0.2) is 0 Å². The first-order valence-electron chi connectivity index (χ1n) is 7.44. The van der Waals surface area contributed by atoms with Crippen molar-refractivity contribution in [3.8, 4) is 0 Å². The molecule has 1 fully saturated rings. The first kappa shape index (κ1) is 15.7. The lowest BCUT2D eigenvalue weighted by atomic mass is 10.3. The van der Waals surface area contributed by atoms with Crippen LogP contribution in [0.2, 0.25) is 5.02 Å². The number of hydrogen-bond acceptors (Lipinski definition) is 5. The number of likely N-dealkylation sites (N-methyl/N-ethyl adjacent to an activating group) is 1. The Morgan fingerprint density at radius 3 is 2.61 bits per heavy atom. The van der Waals surface area contributed by atoms with Crippen LogP contribution in [0, 0.1) is 0 Å². The molecule has 7 heteroatoms. The average Bonchev–Trinajstić information content (AvgIpc) is 2.56. The van der Waals surface area contributed by atoms with Crippen LogP contribution in [0.15, 0.2) is 36.7 Å². The molecule has 2 heterocycles. The molecule has 1 aliphatic rings. The summed E-state index contributed by atoms with van der Waals surface area (Å²) in [5, 5.41) is 3.33. The molecular formula is C16H18ClN5O. The number of nitrogens with one attached hydrogen (secondary N) is 1. The number of benzene rings is 1. The lowest BCUT2D eigenvalue weighted by Crippen LogP contribution is -2.44. The second-order valence-corrected chi connectivity index (χ2v) is 5.95. The van der Waals surface area contributed by atoms with Crippen LogP contribution in [-0.4, -0.2) is 54.0 Å². The summed E-state index contributed by atoms with van der Waals surface area (Å²) in [7, 11) is 2.10.